The van der Waals surface area contributed by atoms with Crippen molar-refractivity contribution in [2.24, 2.45) is 5.92 Å². The lowest BCUT2D eigenvalue weighted by Gasteiger charge is -2.31. The van der Waals surface area contributed by atoms with Crippen molar-refractivity contribution in [2.75, 3.05) is 24.5 Å². The number of urea groups is 1. The summed E-state index contributed by atoms with van der Waals surface area (Å²) in [7, 11) is 0. The van der Waals surface area contributed by atoms with Crippen molar-refractivity contribution in [1.29, 1.82) is 0 Å². The molecule has 2 aliphatic heterocycles. The molecule has 2 fully saturated rings. The van der Waals surface area contributed by atoms with Gasteiger partial charge in [-0.05, 0) is 37.5 Å². The van der Waals surface area contributed by atoms with Crippen molar-refractivity contribution < 1.29 is 23.9 Å². The van der Waals surface area contributed by atoms with Crippen LogP contribution >= 0.6 is 11.6 Å². The van der Waals surface area contributed by atoms with Gasteiger partial charge in [0.15, 0.2) is 0 Å². The van der Waals surface area contributed by atoms with Crippen LogP contribution in [0.5, 0.6) is 0 Å². The molecule has 140 valence electrons. The van der Waals surface area contributed by atoms with Crippen LogP contribution in [0.4, 0.5) is 14.9 Å². The maximum absolute atomic E-state index is 13.3. The summed E-state index contributed by atoms with van der Waals surface area (Å²) in [6, 6.07) is 2.90. The molecule has 2 N–H and O–H groups in total. The number of hydrogen-bond donors (Lipinski definition) is 2. The smallest absolute Gasteiger partial charge is 0.318 e. The number of nitrogens with zero attached hydrogens (tertiary/aromatic N) is 2. The number of nitrogens with one attached hydrogen (secondary N) is 1. The lowest BCUT2D eigenvalue weighted by molar-refractivity contribution is -0.143. The van der Waals surface area contributed by atoms with Gasteiger partial charge in [-0.1, -0.05) is 11.6 Å². The molecule has 2 aliphatic rings. The predicted octanol–water partition coefficient (Wildman–Crippen LogP) is 2.09. The molecule has 26 heavy (non-hydrogen) atoms. The second-order valence-electron chi connectivity index (χ2n) is 6.50. The first-order valence-electron chi connectivity index (χ1n) is 8.41. The Morgan fingerprint density at radius 2 is 2.04 bits per heavy atom. The van der Waals surface area contributed by atoms with E-state index in [1.807, 2.05) is 0 Å². The maximum atomic E-state index is 13.3. The average Bonchev–Trinajstić information content (AvgIpc) is 2.98. The van der Waals surface area contributed by atoms with Crippen LogP contribution < -0.4 is 10.2 Å². The standard InChI is InChI=1S/C17H19ClFN3O4/c18-12-8-11(3-4-13(12)19)22-7-5-14(15(22)23)20-17(26)21-6-1-2-10(9-21)16(24)25/h3-4,8,10,14H,1-2,5-7,9H2,(H,20,26)(H,24,25). The summed E-state index contributed by atoms with van der Waals surface area (Å²) >= 11 is 5.76. The highest BCUT2D eigenvalue weighted by atomic mass is 35.5. The zero-order chi connectivity index (χ0) is 18.8. The van der Waals surface area contributed by atoms with Crippen LogP contribution in [0.2, 0.25) is 5.02 Å². The van der Waals surface area contributed by atoms with Gasteiger partial charge >= 0.3 is 12.0 Å². The minimum Gasteiger partial charge on any atom is -0.481 e. The second-order valence-corrected chi connectivity index (χ2v) is 6.91. The quantitative estimate of drug-likeness (QED) is 0.836. The number of carbonyl (C=O) groups excluding carboxylic acids is 2. The number of carboxylic acids is 1. The predicted molar refractivity (Wildman–Crippen MR) is 92.6 cm³/mol. The highest BCUT2D eigenvalue weighted by Crippen LogP contribution is 2.26. The number of aliphatic carboxylic acids is 1. The number of amides is 3. The number of carboxylic acid groups (broad SMARTS) is 1. The van der Waals surface area contributed by atoms with E-state index in [2.05, 4.69) is 5.32 Å². The zero-order valence-corrected chi connectivity index (χ0v) is 14.7. The van der Waals surface area contributed by atoms with Crippen molar-refractivity contribution in [3.8, 4) is 0 Å². The number of hydrogen-bond acceptors (Lipinski definition) is 3. The molecule has 3 amide bonds. The van der Waals surface area contributed by atoms with Gasteiger partial charge in [0.25, 0.3) is 0 Å². The fourth-order valence-electron chi connectivity index (χ4n) is 3.33. The van der Waals surface area contributed by atoms with Crippen LogP contribution in [0.3, 0.4) is 0 Å². The van der Waals surface area contributed by atoms with Crippen molar-refractivity contribution in [3.63, 3.8) is 0 Å². The van der Waals surface area contributed by atoms with Crippen LogP contribution in [0.15, 0.2) is 18.2 Å². The Hall–Kier alpha value is -2.35. The molecular weight excluding hydrogens is 365 g/mol. The summed E-state index contributed by atoms with van der Waals surface area (Å²) in [6.45, 7) is 0.983. The van der Waals surface area contributed by atoms with Gasteiger partial charge in [0, 0.05) is 25.3 Å². The summed E-state index contributed by atoms with van der Waals surface area (Å²) < 4.78 is 13.3. The molecule has 0 radical (unpaired) electrons. The van der Waals surface area contributed by atoms with Crippen LogP contribution in [0, 0.1) is 11.7 Å². The van der Waals surface area contributed by atoms with Gasteiger partial charge < -0.3 is 20.2 Å². The van der Waals surface area contributed by atoms with Crippen LogP contribution in [-0.4, -0.2) is 53.6 Å². The first kappa shape index (κ1) is 18.4. The lowest BCUT2D eigenvalue weighted by Crippen LogP contribution is -2.51. The van der Waals surface area contributed by atoms with Crippen LogP contribution in [0.25, 0.3) is 0 Å². The molecule has 0 bridgehead atoms. The van der Waals surface area contributed by atoms with E-state index >= 15 is 0 Å². The Kier molecular flexibility index (Phi) is 5.31. The van der Waals surface area contributed by atoms with Gasteiger partial charge in [0.05, 0.1) is 10.9 Å². The molecule has 2 atom stereocenters. The second kappa shape index (κ2) is 7.49. The van der Waals surface area contributed by atoms with Crippen molar-refractivity contribution >= 4 is 35.2 Å². The Morgan fingerprint density at radius 1 is 1.27 bits per heavy atom. The SMILES string of the molecule is O=C(O)C1CCCN(C(=O)NC2CCN(c3ccc(F)c(Cl)c3)C2=O)C1. The van der Waals surface area contributed by atoms with Crippen molar-refractivity contribution in [2.45, 2.75) is 25.3 Å². The van der Waals surface area contributed by atoms with Crippen LogP contribution in [-0.2, 0) is 9.59 Å². The van der Waals surface area contributed by atoms with Gasteiger partial charge in [0.2, 0.25) is 5.91 Å². The van der Waals surface area contributed by atoms with E-state index in [-0.39, 0.29) is 17.5 Å². The van der Waals surface area contributed by atoms with E-state index in [0.29, 0.717) is 38.0 Å². The maximum Gasteiger partial charge on any atom is 0.318 e. The summed E-state index contributed by atoms with van der Waals surface area (Å²) in [5, 5.41) is 11.7. The fourth-order valence-corrected chi connectivity index (χ4v) is 3.50. The monoisotopic (exact) mass is 383 g/mol. The van der Waals surface area contributed by atoms with Gasteiger partial charge in [-0.3, -0.25) is 9.59 Å². The minimum atomic E-state index is -0.918. The summed E-state index contributed by atoms with van der Waals surface area (Å²) in [5.41, 5.74) is 0.474. The third kappa shape index (κ3) is 3.75. The molecule has 2 unspecified atom stereocenters. The molecule has 2 heterocycles. The van der Waals surface area contributed by atoms with Gasteiger partial charge in [-0.25, -0.2) is 9.18 Å². The minimum absolute atomic E-state index is 0.0733. The largest absolute Gasteiger partial charge is 0.481 e. The third-order valence-electron chi connectivity index (χ3n) is 4.78. The molecule has 7 nitrogen and oxygen atoms in total. The molecule has 0 spiro atoms. The van der Waals surface area contributed by atoms with E-state index < -0.39 is 29.8 Å². The van der Waals surface area contributed by atoms with E-state index in [0.717, 1.165) is 0 Å². The molecule has 9 heteroatoms. The zero-order valence-electron chi connectivity index (χ0n) is 14.0. The fraction of sp³-hybridized carbons (Fsp3) is 0.471. The Bertz CT molecular complexity index is 745. The van der Waals surface area contributed by atoms with E-state index in [1.165, 1.54) is 28.0 Å². The van der Waals surface area contributed by atoms with Crippen molar-refractivity contribution in [1.82, 2.24) is 10.2 Å². The number of likely N-dealkylation sites (tertiary alicyclic amines) is 1. The van der Waals surface area contributed by atoms with Gasteiger partial charge in [-0.15, -0.1) is 0 Å². The molecule has 0 saturated carbocycles. The Labute approximate surface area is 154 Å². The van der Waals surface area contributed by atoms with E-state index in [4.69, 9.17) is 16.7 Å². The van der Waals surface area contributed by atoms with Crippen LogP contribution in [0.1, 0.15) is 19.3 Å². The summed E-state index contributed by atoms with van der Waals surface area (Å²) in [5.74, 6) is -2.36. The van der Waals surface area contributed by atoms with Gasteiger partial charge in [-0.2, -0.15) is 0 Å². The number of carbonyl (C=O) groups is 3. The number of piperidine rings is 1. The lowest BCUT2D eigenvalue weighted by atomic mass is 9.99. The first-order valence-corrected chi connectivity index (χ1v) is 8.79. The molecule has 3 rings (SSSR count). The molecule has 0 aliphatic carbocycles. The summed E-state index contributed by atoms with van der Waals surface area (Å²) in [6.07, 6.45) is 1.57. The van der Waals surface area contributed by atoms with Gasteiger partial charge in [0.1, 0.15) is 11.9 Å². The Balaban J connectivity index is 1.62. The number of benzene rings is 1. The molecule has 1 aromatic carbocycles. The summed E-state index contributed by atoms with van der Waals surface area (Å²) in [4.78, 5) is 38.9. The Morgan fingerprint density at radius 3 is 2.73 bits per heavy atom. The highest BCUT2D eigenvalue weighted by Gasteiger charge is 2.36. The average molecular weight is 384 g/mol. The number of anilines is 1. The normalized spacial score (nSPS) is 23.2. The van der Waals surface area contributed by atoms with Crippen molar-refractivity contribution in [3.05, 3.63) is 29.0 Å². The van der Waals surface area contributed by atoms with E-state index in [9.17, 15) is 18.8 Å². The number of rotatable bonds is 3. The topological polar surface area (TPSA) is 89.9 Å². The third-order valence-corrected chi connectivity index (χ3v) is 5.07. The highest BCUT2D eigenvalue weighted by molar-refractivity contribution is 6.31. The molecule has 0 aromatic heterocycles. The number of halogens is 2. The first-order chi connectivity index (χ1) is 12.4. The molecular formula is C17H19ClFN3O4. The molecule has 2 saturated heterocycles. The van der Waals surface area contributed by atoms with E-state index in [1.54, 1.807) is 0 Å². The molecule has 1 aromatic rings.